The highest BCUT2D eigenvalue weighted by Gasteiger charge is 2.11. The molecular formula is C20H17ClN4O2. The molecule has 4 rings (SSSR count). The average Bonchev–Trinajstić information content (AvgIpc) is 3.17. The molecule has 136 valence electrons. The van der Waals surface area contributed by atoms with Gasteiger partial charge in [-0.25, -0.2) is 9.97 Å². The molecule has 27 heavy (non-hydrogen) atoms. The number of hydrogen-bond acceptors (Lipinski definition) is 5. The van der Waals surface area contributed by atoms with Crippen LogP contribution in [-0.2, 0) is 0 Å². The molecule has 1 N–H and O–H groups in total. The van der Waals surface area contributed by atoms with Crippen molar-refractivity contribution in [2.24, 2.45) is 0 Å². The number of anilines is 2. The average molecular weight is 381 g/mol. The van der Waals surface area contributed by atoms with Gasteiger partial charge in [-0.15, -0.1) is 0 Å². The van der Waals surface area contributed by atoms with Crippen molar-refractivity contribution in [2.45, 2.75) is 0 Å². The van der Waals surface area contributed by atoms with E-state index < -0.39 is 0 Å². The molecule has 0 radical (unpaired) electrons. The van der Waals surface area contributed by atoms with Crippen molar-refractivity contribution in [2.75, 3.05) is 19.5 Å². The molecule has 2 aromatic heterocycles. The Balaban J connectivity index is 1.77. The lowest BCUT2D eigenvalue weighted by atomic mass is 10.1. The molecule has 0 fully saturated rings. The van der Waals surface area contributed by atoms with Crippen LogP contribution in [0.3, 0.4) is 0 Å². The van der Waals surface area contributed by atoms with Crippen LogP contribution >= 0.6 is 11.6 Å². The van der Waals surface area contributed by atoms with E-state index in [1.54, 1.807) is 20.4 Å². The van der Waals surface area contributed by atoms with Gasteiger partial charge in [0.25, 0.3) is 0 Å². The molecule has 0 aliphatic carbocycles. The van der Waals surface area contributed by atoms with Crippen LogP contribution in [0, 0.1) is 0 Å². The zero-order valence-corrected chi connectivity index (χ0v) is 15.6. The lowest BCUT2D eigenvalue weighted by molar-refractivity contribution is 0.355. The van der Waals surface area contributed by atoms with Gasteiger partial charge < -0.3 is 19.2 Å². The maximum absolute atomic E-state index is 6.00. The summed E-state index contributed by atoms with van der Waals surface area (Å²) in [5.74, 6) is 1.94. The van der Waals surface area contributed by atoms with Crippen molar-refractivity contribution in [1.82, 2.24) is 14.4 Å². The van der Waals surface area contributed by atoms with Crippen molar-refractivity contribution < 1.29 is 9.47 Å². The Morgan fingerprint density at radius 3 is 2.52 bits per heavy atom. The summed E-state index contributed by atoms with van der Waals surface area (Å²) < 4.78 is 12.6. The van der Waals surface area contributed by atoms with Crippen molar-refractivity contribution >= 4 is 28.8 Å². The first-order valence-electron chi connectivity index (χ1n) is 8.26. The summed E-state index contributed by atoms with van der Waals surface area (Å²) in [6, 6.07) is 13.2. The molecule has 2 aromatic carbocycles. The van der Waals surface area contributed by atoms with Crippen LogP contribution < -0.4 is 14.8 Å². The summed E-state index contributed by atoms with van der Waals surface area (Å²) in [6.45, 7) is 0. The van der Waals surface area contributed by atoms with Gasteiger partial charge in [-0.1, -0.05) is 23.7 Å². The van der Waals surface area contributed by atoms with Gasteiger partial charge in [-0.3, -0.25) is 0 Å². The third kappa shape index (κ3) is 3.39. The summed E-state index contributed by atoms with van der Waals surface area (Å²) in [6.07, 6.45) is 5.56. The maximum Gasteiger partial charge on any atom is 0.180 e. The Morgan fingerprint density at radius 2 is 1.78 bits per heavy atom. The van der Waals surface area contributed by atoms with E-state index in [2.05, 4.69) is 10.3 Å². The van der Waals surface area contributed by atoms with Crippen LogP contribution in [0.15, 0.2) is 61.1 Å². The van der Waals surface area contributed by atoms with E-state index in [0.717, 1.165) is 22.6 Å². The highest BCUT2D eigenvalue weighted by molar-refractivity contribution is 6.30. The second kappa shape index (κ2) is 7.17. The van der Waals surface area contributed by atoms with Crippen LogP contribution in [0.25, 0.3) is 16.9 Å². The van der Waals surface area contributed by atoms with E-state index in [1.807, 2.05) is 59.3 Å². The molecule has 2 heterocycles. The fourth-order valence-electron chi connectivity index (χ4n) is 2.83. The molecule has 0 spiro atoms. The third-order valence-corrected chi connectivity index (χ3v) is 4.41. The van der Waals surface area contributed by atoms with E-state index in [-0.39, 0.29) is 0 Å². The molecule has 0 aliphatic rings. The van der Waals surface area contributed by atoms with E-state index in [0.29, 0.717) is 22.3 Å². The highest BCUT2D eigenvalue weighted by Crippen LogP contribution is 2.32. The lowest BCUT2D eigenvalue weighted by Crippen LogP contribution is -2.01. The normalized spacial score (nSPS) is 10.8. The second-order valence-corrected chi connectivity index (χ2v) is 6.27. The first-order valence-corrected chi connectivity index (χ1v) is 8.64. The van der Waals surface area contributed by atoms with Gasteiger partial charge in [0, 0.05) is 40.9 Å². The SMILES string of the molecule is COc1ccc(Nc2nc(-c3ccc(Cl)cc3)cn3ccnc23)cc1OC. The van der Waals surface area contributed by atoms with Crippen LogP contribution in [0.5, 0.6) is 11.5 Å². The summed E-state index contributed by atoms with van der Waals surface area (Å²) in [5.41, 5.74) is 3.31. The number of rotatable bonds is 5. The van der Waals surface area contributed by atoms with Gasteiger partial charge >= 0.3 is 0 Å². The maximum atomic E-state index is 6.00. The molecular weight excluding hydrogens is 364 g/mol. The number of benzene rings is 2. The molecule has 0 bridgehead atoms. The Hall–Kier alpha value is -3.25. The standard InChI is InChI=1S/C20H17ClN4O2/c1-26-17-8-7-15(11-18(17)27-2)23-19-20-22-9-10-25(20)12-16(24-19)13-3-5-14(21)6-4-13/h3-12H,1-2H3,(H,23,24). The predicted molar refractivity (Wildman–Crippen MR) is 106 cm³/mol. The Labute approximate surface area is 161 Å². The van der Waals surface area contributed by atoms with E-state index in [1.165, 1.54) is 0 Å². The molecule has 6 nitrogen and oxygen atoms in total. The second-order valence-electron chi connectivity index (χ2n) is 5.83. The highest BCUT2D eigenvalue weighted by atomic mass is 35.5. The van der Waals surface area contributed by atoms with Gasteiger partial charge in [0.1, 0.15) is 0 Å². The molecule has 0 unspecified atom stereocenters. The molecule has 7 heteroatoms. The Kier molecular flexibility index (Phi) is 4.56. The van der Waals surface area contributed by atoms with Crippen LogP contribution in [0.2, 0.25) is 5.02 Å². The zero-order valence-electron chi connectivity index (χ0n) is 14.8. The van der Waals surface area contributed by atoms with Gasteiger partial charge in [0.2, 0.25) is 0 Å². The third-order valence-electron chi connectivity index (χ3n) is 4.16. The van der Waals surface area contributed by atoms with E-state index >= 15 is 0 Å². The molecule has 0 saturated heterocycles. The van der Waals surface area contributed by atoms with Crippen LogP contribution in [0.1, 0.15) is 0 Å². The number of aromatic nitrogens is 3. The fraction of sp³-hybridized carbons (Fsp3) is 0.100. The molecule has 0 saturated carbocycles. The van der Waals surface area contributed by atoms with E-state index in [4.69, 9.17) is 26.1 Å². The fourth-order valence-corrected chi connectivity index (χ4v) is 2.95. The summed E-state index contributed by atoms with van der Waals surface area (Å²) in [4.78, 5) is 9.16. The minimum atomic E-state index is 0.635. The Bertz CT molecular complexity index is 1090. The minimum Gasteiger partial charge on any atom is -0.493 e. The number of nitrogens with one attached hydrogen (secondary N) is 1. The number of halogens is 1. The first kappa shape index (κ1) is 17.2. The summed E-state index contributed by atoms with van der Waals surface area (Å²) >= 11 is 6.00. The van der Waals surface area contributed by atoms with Crippen molar-refractivity contribution in [3.05, 3.63) is 66.1 Å². The number of methoxy groups -OCH3 is 2. The van der Waals surface area contributed by atoms with Crippen molar-refractivity contribution in [1.29, 1.82) is 0 Å². The molecule has 0 atom stereocenters. The lowest BCUT2D eigenvalue weighted by Gasteiger charge is -2.12. The van der Waals surface area contributed by atoms with Crippen LogP contribution in [0.4, 0.5) is 11.5 Å². The number of fused-ring (bicyclic) bond motifs is 1. The largest absolute Gasteiger partial charge is 0.493 e. The minimum absolute atomic E-state index is 0.635. The summed E-state index contributed by atoms with van der Waals surface area (Å²) in [5, 5.41) is 4.01. The first-order chi connectivity index (χ1) is 13.2. The smallest absolute Gasteiger partial charge is 0.180 e. The van der Waals surface area contributed by atoms with Crippen molar-refractivity contribution in [3.63, 3.8) is 0 Å². The monoisotopic (exact) mass is 380 g/mol. The number of hydrogen-bond donors (Lipinski definition) is 1. The van der Waals surface area contributed by atoms with E-state index in [9.17, 15) is 0 Å². The number of nitrogens with zero attached hydrogens (tertiary/aromatic N) is 3. The zero-order chi connectivity index (χ0) is 18.8. The quantitative estimate of drug-likeness (QED) is 0.538. The van der Waals surface area contributed by atoms with Gasteiger partial charge in [-0.05, 0) is 24.3 Å². The predicted octanol–water partition coefficient (Wildman–Crippen LogP) is 4.81. The topological polar surface area (TPSA) is 60.7 Å². The van der Waals surface area contributed by atoms with Gasteiger partial charge in [0.05, 0.1) is 19.9 Å². The summed E-state index contributed by atoms with van der Waals surface area (Å²) in [7, 11) is 3.21. The Morgan fingerprint density at radius 1 is 1.00 bits per heavy atom. The van der Waals surface area contributed by atoms with Gasteiger partial charge in [0.15, 0.2) is 23.0 Å². The van der Waals surface area contributed by atoms with Gasteiger partial charge in [-0.2, -0.15) is 0 Å². The van der Waals surface area contributed by atoms with Crippen molar-refractivity contribution in [3.8, 4) is 22.8 Å². The number of ether oxygens (including phenoxy) is 2. The number of imidazole rings is 1. The molecule has 0 amide bonds. The van der Waals surface area contributed by atoms with Crippen LogP contribution in [-0.4, -0.2) is 28.6 Å². The molecule has 0 aliphatic heterocycles. The molecule has 4 aromatic rings.